The van der Waals surface area contributed by atoms with Crippen LogP contribution in [0.3, 0.4) is 0 Å². The molecule has 4 heteroatoms. The van der Waals surface area contributed by atoms with Crippen LogP contribution in [0.25, 0.3) is 0 Å². The monoisotopic (exact) mass is 337 g/mol. The third kappa shape index (κ3) is 2.97. The molecule has 1 heterocycles. The summed E-state index contributed by atoms with van der Waals surface area (Å²) in [5.41, 5.74) is 3.96. The Morgan fingerprint density at radius 2 is 1.88 bits per heavy atom. The number of fused-ring (bicyclic) bond motifs is 1. The number of ether oxygens (including phenoxy) is 2. The van der Waals surface area contributed by atoms with Crippen LogP contribution in [0.2, 0.25) is 0 Å². The van der Waals surface area contributed by atoms with Crippen molar-refractivity contribution in [2.24, 2.45) is 0 Å². The number of para-hydroxylation sites is 1. The van der Waals surface area contributed by atoms with E-state index in [2.05, 4.69) is 5.32 Å². The van der Waals surface area contributed by atoms with Crippen LogP contribution in [0.5, 0.6) is 11.5 Å². The van der Waals surface area contributed by atoms with E-state index >= 15 is 0 Å². The number of aryl methyl sites for hydroxylation is 1. The number of carbonyl (C=O) groups excluding carboxylic acids is 1. The zero-order chi connectivity index (χ0) is 17.4. The number of nitrogens with one attached hydrogen (secondary N) is 1. The van der Waals surface area contributed by atoms with Crippen LogP contribution < -0.4 is 14.8 Å². The number of hydrogen-bond acceptors (Lipinski definition) is 3. The molecule has 0 radical (unpaired) electrons. The van der Waals surface area contributed by atoms with Crippen molar-refractivity contribution >= 4 is 11.8 Å². The molecule has 1 amide bonds. The summed E-state index contributed by atoms with van der Waals surface area (Å²) in [7, 11) is 0. The van der Waals surface area contributed by atoms with Gasteiger partial charge in [0.05, 0.1) is 0 Å². The van der Waals surface area contributed by atoms with Gasteiger partial charge in [0, 0.05) is 5.69 Å². The van der Waals surface area contributed by atoms with Crippen LogP contribution in [0.4, 0.5) is 10.5 Å². The van der Waals surface area contributed by atoms with Gasteiger partial charge in [-0.3, -0.25) is 5.32 Å². The normalized spacial score (nSPS) is 17.2. The van der Waals surface area contributed by atoms with Crippen molar-refractivity contribution < 1.29 is 14.3 Å². The maximum atomic E-state index is 12.2. The summed E-state index contributed by atoms with van der Waals surface area (Å²) in [5.74, 6) is 1.61. The van der Waals surface area contributed by atoms with Crippen molar-refractivity contribution in [2.45, 2.75) is 51.6 Å². The number of amides is 1. The molecule has 130 valence electrons. The summed E-state index contributed by atoms with van der Waals surface area (Å²) >= 11 is 0. The number of hydrogen-bond donors (Lipinski definition) is 1. The van der Waals surface area contributed by atoms with Gasteiger partial charge in [0.25, 0.3) is 0 Å². The number of rotatable bonds is 2. The molecular weight excluding hydrogens is 314 g/mol. The van der Waals surface area contributed by atoms with Crippen LogP contribution >= 0.6 is 0 Å². The van der Waals surface area contributed by atoms with Crippen molar-refractivity contribution in [2.75, 3.05) is 5.32 Å². The Balaban J connectivity index is 1.55. The molecule has 2 aliphatic rings. The lowest BCUT2D eigenvalue weighted by Crippen LogP contribution is -2.46. The van der Waals surface area contributed by atoms with Crippen molar-refractivity contribution in [1.82, 2.24) is 0 Å². The molecule has 0 saturated heterocycles. The lowest BCUT2D eigenvalue weighted by molar-refractivity contribution is -0.0256. The van der Waals surface area contributed by atoms with Crippen molar-refractivity contribution in [3.8, 4) is 11.5 Å². The molecule has 0 unspecified atom stereocenters. The highest BCUT2D eigenvalue weighted by Gasteiger charge is 2.42. The summed E-state index contributed by atoms with van der Waals surface area (Å²) in [6.07, 6.45) is 5.13. The average Bonchev–Trinajstić information content (AvgIpc) is 2.59. The third-order valence-corrected chi connectivity index (χ3v) is 5.53. The topological polar surface area (TPSA) is 47.6 Å². The molecule has 0 atom stereocenters. The van der Waals surface area contributed by atoms with Gasteiger partial charge >= 0.3 is 6.09 Å². The predicted octanol–water partition coefficient (Wildman–Crippen LogP) is 5.16. The summed E-state index contributed by atoms with van der Waals surface area (Å²) in [6.45, 7) is 4.03. The third-order valence-electron chi connectivity index (χ3n) is 5.53. The average molecular weight is 337 g/mol. The molecule has 2 aromatic rings. The Labute approximate surface area is 148 Å². The standard InChI is InChI=1S/C21H23NO3/c1-14-15(2)19-16(9-12-21(25-19)10-6-11-21)13-18(14)24-20(23)22-17-7-4-3-5-8-17/h3-5,7-8,13H,6,9-12H2,1-2H3,(H,22,23). The van der Waals surface area contributed by atoms with E-state index < -0.39 is 6.09 Å². The van der Waals surface area contributed by atoms with Gasteiger partial charge in [0.1, 0.15) is 17.1 Å². The number of anilines is 1. The van der Waals surface area contributed by atoms with E-state index in [0.29, 0.717) is 5.75 Å². The molecule has 4 nitrogen and oxygen atoms in total. The molecule has 1 saturated carbocycles. The Kier molecular flexibility index (Phi) is 3.91. The summed E-state index contributed by atoms with van der Waals surface area (Å²) < 4.78 is 11.9. The Morgan fingerprint density at radius 1 is 1.12 bits per heavy atom. The zero-order valence-corrected chi connectivity index (χ0v) is 14.7. The van der Waals surface area contributed by atoms with E-state index in [1.807, 2.05) is 50.2 Å². The van der Waals surface area contributed by atoms with Gasteiger partial charge in [0.2, 0.25) is 0 Å². The molecule has 1 fully saturated rings. The highest BCUT2D eigenvalue weighted by molar-refractivity contribution is 5.86. The molecule has 1 aliphatic heterocycles. The summed E-state index contributed by atoms with van der Waals surface area (Å²) in [5, 5.41) is 2.76. The Morgan fingerprint density at radius 3 is 2.56 bits per heavy atom. The maximum absolute atomic E-state index is 12.2. The lowest BCUT2D eigenvalue weighted by Gasteiger charge is -2.46. The predicted molar refractivity (Wildman–Crippen MR) is 97.5 cm³/mol. The Hall–Kier alpha value is -2.49. The minimum atomic E-state index is -0.471. The molecule has 25 heavy (non-hydrogen) atoms. The first-order chi connectivity index (χ1) is 12.1. The summed E-state index contributed by atoms with van der Waals surface area (Å²) in [6, 6.07) is 11.3. The SMILES string of the molecule is Cc1c(OC(=O)Nc2ccccc2)cc2c(c1C)OC1(CCC1)CC2. The van der Waals surface area contributed by atoms with Crippen LogP contribution in [0.15, 0.2) is 36.4 Å². The fourth-order valence-electron chi connectivity index (χ4n) is 3.68. The second-order valence-corrected chi connectivity index (χ2v) is 7.13. The minimum absolute atomic E-state index is 0.0667. The van der Waals surface area contributed by atoms with Gasteiger partial charge in [-0.25, -0.2) is 4.79 Å². The molecule has 1 aliphatic carbocycles. The van der Waals surface area contributed by atoms with Gasteiger partial charge in [-0.2, -0.15) is 0 Å². The molecule has 1 N–H and O–H groups in total. The highest BCUT2D eigenvalue weighted by atomic mass is 16.6. The van der Waals surface area contributed by atoms with Gasteiger partial charge in [-0.1, -0.05) is 18.2 Å². The lowest BCUT2D eigenvalue weighted by atomic mass is 9.74. The van der Waals surface area contributed by atoms with Gasteiger partial charge < -0.3 is 9.47 Å². The van der Waals surface area contributed by atoms with E-state index in [1.165, 1.54) is 6.42 Å². The molecule has 4 rings (SSSR count). The molecular formula is C21H23NO3. The van der Waals surface area contributed by atoms with E-state index in [4.69, 9.17) is 9.47 Å². The smallest absolute Gasteiger partial charge is 0.417 e. The largest absolute Gasteiger partial charge is 0.487 e. The minimum Gasteiger partial charge on any atom is -0.487 e. The molecule has 1 spiro atoms. The molecule has 2 aromatic carbocycles. The Bertz CT molecular complexity index is 810. The fourth-order valence-corrected chi connectivity index (χ4v) is 3.68. The summed E-state index contributed by atoms with van der Waals surface area (Å²) in [4.78, 5) is 12.2. The molecule has 0 bridgehead atoms. The maximum Gasteiger partial charge on any atom is 0.417 e. The molecule has 0 aromatic heterocycles. The second-order valence-electron chi connectivity index (χ2n) is 7.13. The first-order valence-corrected chi connectivity index (χ1v) is 8.92. The fraction of sp³-hybridized carbons (Fsp3) is 0.381. The highest BCUT2D eigenvalue weighted by Crippen LogP contribution is 2.47. The van der Waals surface area contributed by atoms with Crippen molar-refractivity contribution in [3.63, 3.8) is 0 Å². The van der Waals surface area contributed by atoms with Crippen molar-refractivity contribution in [1.29, 1.82) is 0 Å². The van der Waals surface area contributed by atoms with E-state index in [-0.39, 0.29) is 5.60 Å². The number of carbonyl (C=O) groups is 1. The van der Waals surface area contributed by atoms with E-state index in [1.54, 1.807) is 0 Å². The van der Waals surface area contributed by atoms with Crippen LogP contribution in [-0.2, 0) is 6.42 Å². The number of benzene rings is 2. The van der Waals surface area contributed by atoms with Gasteiger partial charge in [-0.15, -0.1) is 0 Å². The first-order valence-electron chi connectivity index (χ1n) is 8.92. The van der Waals surface area contributed by atoms with Crippen LogP contribution in [-0.4, -0.2) is 11.7 Å². The van der Waals surface area contributed by atoms with Gasteiger partial charge in [-0.05, 0) is 80.8 Å². The van der Waals surface area contributed by atoms with E-state index in [9.17, 15) is 4.79 Å². The zero-order valence-electron chi connectivity index (χ0n) is 14.7. The van der Waals surface area contributed by atoms with Crippen LogP contribution in [0.1, 0.15) is 42.4 Å². The van der Waals surface area contributed by atoms with E-state index in [0.717, 1.165) is 53.8 Å². The quantitative estimate of drug-likeness (QED) is 0.823. The van der Waals surface area contributed by atoms with Crippen LogP contribution in [0, 0.1) is 13.8 Å². The van der Waals surface area contributed by atoms with Gasteiger partial charge in [0.15, 0.2) is 0 Å². The van der Waals surface area contributed by atoms with Crippen molar-refractivity contribution in [3.05, 3.63) is 53.1 Å². The second kappa shape index (κ2) is 6.10. The first kappa shape index (κ1) is 16.0.